The van der Waals surface area contributed by atoms with E-state index in [-0.39, 0.29) is 0 Å². The summed E-state index contributed by atoms with van der Waals surface area (Å²) in [7, 11) is 0. The molecule has 0 aromatic heterocycles. The Bertz CT molecular complexity index is 239. The van der Waals surface area contributed by atoms with Crippen LogP contribution in [0.25, 0.3) is 0 Å². The first-order chi connectivity index (χ1) is 7.87. The highest BCUT2D eigenvalue weighted by Crippen LogP contribution is 2.40. The van der Waals surface area contributed by atoms with E-state index >= 15 is 0 Å². The SMILES string of the molecule is CCC1(/C2=N/CCCCCN2)CCCCC1. The Hall–Kier alpha value is -0.530. The lowest BCUT2D eigenvalue weighted by Crippen LogP contribution is -2.43. The van der Waals surface area contributed by atoms with Gasteiger partial charge >= 0.3 is 0 Å². The fourth-order valence-corrected chi connectivity index (χ4v) is 3.21. The van der Waals surface area contributed by atoms with Crippen LogP contribution in [-0.4, -0.2) is 18.9 Å². The molecule has 0 atom stereocenters. The zero-order valence-corrected chi connectivity index (χ0v) is 10.7. The summed E-state index contributed by atoms with van der Waals surface area (Å²) in [6.45, 7) is 4.53. The average Bonchev–Trinajstić information content (AvgIpc) is 2.29. The Morgan fingerprint density at radius 2 is 1.81 bits per heavy atom. The van der Waals surface area contributed by atoms with Gasteiger partial charge in [0.2, 0.25) is 0 Å². The number of aliphatic imine (C=N–C) groups is 1. The van der Waals surface area contributed by atoms with Crippen molar-refractivity contribution < 1.29 is 0 Å². The van der Waals surface area contributed by atoms with Crippen LogP contribution >= 0.6 is 0 Å². The molecule has 0 radical (unpaired) electrons. The highest BCUT2D eigenvalue weighted by atomic mass is 15.0. The molecule has 1 heterocycles. The van der Waals surface area contributed by atoms with Crippen molar-refractivity contribution in [3.05, 3.63) is 0 Å². The van der Waals surface area contributed by atoms with E-state index < -0.39 is 0 Å². The highest BCUT2D eigenvalue weighted by Gasteiger charge is 2.35. The standard InChI is InChI=1S/C14H26N2/c1-2-14(9-5-3-6-10-14)13-15-11-7-4-8-12-16-13/h2-12H2,1H3,(H,15,16). The van der Waals surface area contributed by atoms with Gasteiger partial charge in [-0.2, -0.15) is 0 Å². The maximum absolute atomic E-state index is 4.86. The van der Waals surface area contributed by atoms with E-state index in [1.165, 1.54) is 63.6 Å². The van der Waals surface area contributed by atoms with Crippen LogP contribution in [0.2, 0.25) is 0 Å². The van der Waals surface area contributed by atoms with Crippen molar-refractivity contribution >= 4 is 5.84 Å². The van der Waals surface area contributed by atoms with Gasteiger partial charge in [-0.05, 0) is 38.5 Å². The van der Waals surface area contributed by atoms with Crippen LogP contribution in [0.15, 0.2) is 4.99 Å². The van der Waals surface area contributed by atoms with Gasteiger partial charge in [0.1, 0.15) is 5.84 Å². The second-order valence-corrected chi connectivity index (χ2v) is 5.41. The van der Waals surface area contributed by atoms with Gasteiger partial charge in [0.05, 0.1) is 0 Å². The molecule has 0 amide bonds. The van der Waals surface area contributed by atoms with Crippen LogP contribution in [0, 0.1) is 5.41 Å². The first-order valence-corrected chi connectivity index (χ1v) is 7.16. The summed E-state index contributed by atoms with van der Waals surface area (Å²) in [4.78, 5) is 4.86. The third kappa shape index (κ3) is 2.58. The van der Waals surface area contributed by atoms with Crippen molar-refractivity contribution in [1.82, 2.24) is 5.32 Å². The Labute approximate surface area is 99.9 Å². The van der Waals surface area contributed by atoms with Gasteiger partial charge in [-0.1, -0.05) is 26.2 Å². The molecule has 0 unspecified atom stereocenters. The van der Waals surface area contributed by atoms with Crippen LogP contribution in [-0.2, 0) is 0 Å². The van der Waals surface area contributed by atoms with E-state index in [9.17, 15) is 0 Å². The minimum Gasteiger partial charge on any atom is -0.373 e. The van der Waals surface area contributed by atoms with E-state index in [4.69, 9.17) is 4.99 Å². The number of nitrogens with one attached hydrogen (secondary N) is 1. The molecule has 16 heavy (non-hydrogen) atoms. The van der Waals surface area contributed by atoms with Crippen molar-refractivity contribution in [2.45, 2.75) is 64.7 Å². The summed E-state index contributed by atoms with van der Waals surface area (Å²) >= 11 is 0. The molecule has 0 aromatic carbocycles. The van der Waals surface area contributed by atoms with Crippen LogP contribution in [0.5, 0.6) is 0 Å². The molecule has 2 aliphatic rings. The predicted octanol–water partition coefficient (Wildman–Crippen LogP) is 3.52. The van der Waals surface area contributed by atoms with Gasteiger partial charge in [0.15, 0.2) is 0 Å². The lowest BCUT2D eigenvalue weighted by Gasteiger charge is -2.38. The number of rotatable bonds is 2. The van der Waals surface area contributed by atoms with Gasteiger partial charge in [-0.3, -0.25) is 4.99 Å². The maximum atomic E-state index is 4.86. The van der Waals surface area contributed by atoms with Crippen LogP contribution in [0.3, 0.4) is 0 Å². The summed E-state index contributed by atoms with van der Waals surface area (Å²) in [5, 5.41) is 3.63. The van der Waals surface area contributed by atoms with E-state index in [1.54, 1.807) is 0 Å². The number of amidine groups is 1. The zero-order valence-electron chi connectivity index (χ0n) is 10.7. The van der Waals surface area contributed by atoms with E-state index in [1.807, 2.05) is 0 Å². The summed E-state index contributed by atoms with van der Waals surface area (Å²) < 4.78 is 0. The molecule has 1 N–H and O–H groups in total. The first-order valence-electron chi connectivity index (χ1n) is 7.16. The second kappa shape index (κ2) is 5.70. The number of hydrogen-bond acceptors (Lipinski definition) is 2. The molecule has 2 rings (SSSR count). The summed E-state index contributed by atoms with van der Waals surface area (Å²) in [6.07, 6.45) is 12.1. The fourth-order valence-electron chi connectivity index (χ4n) is 3.21. The molecule has 0 aromatic rings. The van der Waals surface area contributed by atoms with Gasteiger partial charge in [-0.15, -0.1) is 0 Å². The zero-order chi connectivity index (χ0) is 11.3. The summed E-state index contributed by atoms with van der Waals surface area (Å²) in [5.41, 5.74) is 0.412. The maximum Gasteiger partial charge on any atom is 0.103 e. The minimum absolute atomic E-state index is 0.412. The van der Waals surface area contributed by atoms with Gasteiger partial charge in [-0.25, -0.2) is 0 Å². The highest BCUT2D eigenvalue weighted by molar-refractivity contribution is 5.88. The molecule has 2 heteroatoms. The Kier molecular flexibility index (Phi) is 4.25. The molecule has 0 bridgehead atoms. The molecule has 0 spiro atoms. The van der Waals surface area contributed by atoms with Crippen molar-refractivity contribution in [3.8, 4) is 0 Å². The monoisotopic (exact) mass is 222 g/mol. The molecule has 1 aliphatic heterocycles. The van der Waals surface area contributed by atoms with Crippen molar-refractivity contribution in [2.24, 2.45) is 10.4 Å². The number of nitrogens with zero attached hydrogens (tertiary/aromatic N) is 1. The molecule has 2 nitrogen and oxygen atoms in total. The normalized spacial score (nSPS) is 29.4. The predicted molar refractivity (Wildman–Crippen MR) is 70.0 cm³/mol. The summed E-state index contributed by atoms with van der Waals surface area (Å²) in [5.74, 6) is 1.36. The molecule has 1 aliphatic carbocycles. The second-order valence-electron chi connectivity index (χ2n) is 5.41. The Morgan fingerprint density at radius 3 is 2.56 bits per heavy atom. The fraction of sp³-hybridized carbons (Fsp3) is 0.929. The molecule has 0 saturated heterocycles. The molecular weight excluding hydrogens is 196 g/mol. The van der Waals surface area contributed by atoms with Crippen LogP contribution < -0.4 is 5.32 Å². The van der Waals surface area contributed by atoms with Crippen molar-refractivity contribution in [1.29, 1.82) is 0 Å². The van der Waals surface area contributed by atoms with Gasteiger partial charge < -0.3 is 5.32 Å². The third-order valence-electron chi connectivity index (χ3n) is 4.39. The average molecular weight is 222 g/mol. The van der Waals surface area contributed by atoms with Gasteiger partial charge in [0, 0.05) is 18.5 Å². The van der Waals surface area contributed by atoms with E-state index in [2.05, 4.69) is 12.2 Å². The summed E-state index contributed by atoms with van der Waals surface area (Å²) in [6, 6.07) is 0. The molecular formula is C14H26N2. The third-order valence-corrected chi connectivity index (χ3v) is 4.39. The smallest absolute Gasteiger partial charge is 0.103 e. The quantitative estimate of drug-likeness (QED) is 0.759. The Morgan fingerprint density at radius 1 is 1.06 bits per heavy atom. The lowest BCUT2D eigenvalue weighted by molar-refractivity contribution is 0.266. The lowest BCUT2D eigenvalue weighted by atomic mass is 9.71. The van der Waals surface area contributed by atoms with E-state index in [0.29, 0.717) is 5.41 Å². The number of hydrogen-bond donors (Lipinski definition) is 1. The topological polar surface area (TPSA) is 24.4 Å². The van der Waals surface area contributed by atoms with Crippen LogP contribution in [0.1, 0.15) is 64.7 Å². The van der Waals surface area contributed by atoms with Crippen molar-refractivity contribution in [3.63, 3.8) is 0 Å². The largest absolute Gasteiger partial charge is 0.373 e. The molecule has 1 saturated carbocycles. The molecule has 92 valence electrons. The molecule has 1 fully saturated rings. The van der Waals surface area contributed by atoms with Crippen LogP contribution in [0.4, 0.5) is 0 Å². The van der Waals surface area contributed by atoms with E-state index in [0.717, 1.165) is 13.1 Å². The Balaban J connectivity index is 2.10. The minimum atomic E-state index is 0.412. The van der Waals surface area contributed by atoms with Crippen molar-refractivity contribution in [2.75, 3.05) is 13.1 Å². The first kappa shape index (κ1) is 11.9. The van der Waals surface area contributed by atoms with Gasteiger partial charge in [0.25, 0.3) is 0 Å².